The molecule has 0 radical (unpaired) electrons. The van der Waals surface area contributed by atoms with Crippen LogP contribution in [0.2, 0.25) is 0 Å². The second-order valence-corrected chi connectivity index (χ2v) is 12.6. The van der Waals surface area contributed by atoms with Crippen LogP contribution in [0.25, 0.3) is 11.1 Å². The number of carboxylic acids is 1. The molecule has 4 rings (SSSR count). The molecule has 9 nitrogen and oxygen atoms in total. The second-order valence-electron chi connectivity index (χ2n) is 12.6. The Kier molecular flexibility index (Phi) is 14.7. The molecule has 56 heavy (non-hydrogen) atoms. The fourth-order valence-corrected chi connectivity index (χ4v) is 5.48. The number of anilines is 1. The summed E-state index contributed by atoms with van der Waals surface area (Å²) in [4.78, 5) is 20.0. The number of carbonyl (C=O) groups is 1. The summed E-state index contributed by atoms with van der Waals surface area (Å²) in [6, 6.07) is 4.31. The normalized spacial score (nSPS) is 12.2. The van der Waals surface area contributed by atoms with Crippen LogP contribution in [0.4, 0.5) is 49.9 Å². The Morgan fingerprint density at radius 2 is 1.32 bits per heavy atom. The van der Waals surface area contributed by atoms with Gasteiger partial charge < -0.3 is 34.1 Å². The van der Waals surface area contributed by atoms with Crippen LogP contribution in [0.3, 0.4) is 0 Å². The molecular formula is C36H32F10N3NaO6. The van der Waals surface area contributed by atoms with Crippen molar-refractivity contribution in [2.24, 2.45) is 0 Å². The minimum atomic E-state index is -5.21. The van der Waals surface area contributed by atoms with E-state index in [0.717, 1.165) is 49.7 Å². The first-order valence-electron chi connectivity index (χ1n) is 16.0. The smallest absolute Gasteiger partial charge is 0.550 e. The number of carbonyl (C=O) groups excluding carboxylic acids is 1. The molecule has 0 spiro atoms. The summed E-state index contributed by atoms with van der Waals surface area (Å²) >= 11 is 0. The van der Waals surface area contributed by atoms with E-state index in [2.05, 4.69) is 9.97 Å². The Hall–Kier alpha value is -4.33. The zero-order chi connectivity index (χ0) is 41.1. The minimum Gasteiger partial charge on any atom is -0.550 e. The number of rotatable bonds is 14. The number of aliphatic hydroxyl groups is 1. The maximum absolute atomic E-state index is 15.1. The van der Waals surface area contributed by atoms with Crippen LogP contribution in [0.1, 0.15) is 60.1 Å². The third-order valence-electron chi connectivity index (χ3n) is 8.04. The number of methoxy groups -OCH3 is 2. The monoisotopic (exact) mass is 815 g/mol. The molecule has 1 heterocycles. The third-order valence-corrected chi connectivity index (χ3v) is 8.04. The number of aromatic nitrogens is 2. The number of ether oxygens (including phenoxy) is 3. The zero-order valence-corrected chi connectivity index (χ0v) is 32.3. The van der Waals surface area contributed by atoms with E-state index in [9.17, 15) is 54.5 Å². The van der Waals surface area contributed by atoms with Gasteiger partial charge >= 0.3 is 48.1 Å². The van der Waals surface area contributed by atoms with Crippen LogP contribution in [0.5, 0.6) is 17.2 Å². The zero-order valence-electron chi connectivity index (χ0n) is 30.3. The van der Waals surface area contributed by atoms with Crippen molar-refractivity contribution in [2.75, 3.05) is 25.7 Å². The summed E-state index contributed by atoms with van der Waals surface area (Å²) < 4.78 is 157. The Morgan fingerprint density at radius 1 is 0.768 bits per heavy atom. The van der Waals surface area contributed by atoms with Gasteiger partial charge in [-0.25, -0.2) is 14.4 Å². The van der Waals surface area contributed by atoms with Gasteiger partial charge in [-0.2, -0.15) is 39.5 Å². The second kappa shape index (κ2) is 17.9. The summed E-state index contributed by atoms with van der Waals surface area (Å²) in [6.45, 7) is 0.921. The predicted molar refractivity (Wildman–Crippen MR) is 173 cm³/mol. The molecule has 0 amide bonds. The Labute approximate surface area is 335 Å². The van der Waals surface area contributed by atoms with Crippen molar-refractivity contribution in [3.05, 3.63) is 94.1 Å². The molecule has 0 aliphatic rings. The van der Waals surface area contributed by atoms with Crippen LogP contribution in [-0.2, 0) is 42.0 Å². The number of benzene rings is 3. The topological polar surface area (TPSA) is 117 Å². The molecule has 1 aromatic heterocycles. The number of carboxylic acid groups (broad SMARTS) is 1. The summed E-state index contributed by atoms with van der Waals surface area (Å²) in [5.41, 5.74) is -7.91. The average Bonchev–Trinajstić information content (AvgIpc) is 3.08. The molecule has 0 saturated heterocycles. The van der Waals surface area contributed by atoms with Crippen molar-refractivity contribution in [3.63, 3.8) is 0 Å². The van der Waals surface area contributed by atoms with E-state index in [1.807, 2.05) is 0 Å². The number of halogens is 10. The molecule has 3 aromatic carbocycles. The van der Waals surface area contributed by atoms with Crippen LogP contribution in [0.15, 0.2) is 54.9 Å². The predicted octanol–water partition coefficient (Wildman–Crippen LogP) is 4.70. The average molecular weight is 816 g/mol. The Balaban J connectivity index is 0.00000841. The summed E-state index contributed by atoms with van der Waals surface area (Å²) in [5, 5.41) is 21.4. The van der Waals surface area contributed by atoms with Crippen molar-refractivity contribution in [1.29, 1.82) is 0 Å². The van der Waals surface area contributed by atoms with E-state index in [1.54, 1.807) is 0 Å². The SMILES string of the molecule is COc1cc(F)c(C(C)(C)O)cc1-c1cc(C(F)(F)F)c(OC)cc1CN(Cc1cc(C(F)(F)F)cc(C(F)(F)F)c1)c1ncc(OCCCC(=O)[O-])cn1.[Na+]. The molecular weight excluding hydrogens is 783 g/mol. The maximum Gasteiger partial charge on any atom is 1.00 e. The van der Waals surface area contributed by atoms with Crippen molar-refractivity contribution in [1.82, 2.24) is 9.97 Å². The molecule has 0 atom stereocenters. The van der Waals surface area contributed by atoms with Crippen LogP contribution < -0.4 is 53.8 Å². The molecule has 0 bridgehead atoms. The third kappa shape index (κ3) is 11.6. The summed E-state index contributed by atoms with van der Waals surface area (Å²) in [6.07, 6.45) is -13.6. The van der Waals surface area contributed by atoms with E-state index >= 15 is 4.39 Å². The molecule has 1 N–H and O–H groups in total. The molecule has 298 valence electrons. The molecule has 4 aromatic rings. The minimum absolute atomic E-state index is 0. The number of aliphatic carboxylic acids is 1. The molecule has 0 aliphatic carbocycles. The summed E-state index contributed by atoms with van der Waals surface area (Å²) in [7, 11) is 2.04. The van der Waals surface area contributed by atoms with Gasteiger partial charge in [0.2, 0.25) is 5.95 Å². The molecule has 0 unspecified atom stereocenters. The van der Waals surface area contributed by atoms with Crippen molar-refractivity contribution < 1.29 is 103 Å². The number of hydrogen-bond donors (Lipinski definition) is 1. The van der Waals surface area contributed by atoms with E-state index in [-0.39, 0.29) is 94.8 Å². The number of hydrogen-bond acceptors (Lipinski definition) is 9. The number of nitrogens with zero attached hydrogens (tertiary/aromatic N) is 3. The standard InChI is InChI=1S/C36H33F10N3O6.Na/c1-33(2,52)26-13-25(29(53-3)14-28(26)37)24-12-27(36(44,45)46)30(54-4)10-20(24)18-49(32-47-15-23(16-48-32)55-7-5-6-31(50)51)17-19-8-21(34(38,39)40)11-22(9-19)35(41,42)43;/h8-16,52H,5-7,17-18H2,1-4H3,(H,50,51);/q;+1/p-1. The van der Waals surface area contributed by atoms with E-state index < -0.39 is 77.0 Å². The fourth-order valence-electron chi connectivity index (χ4n) is 5.48. The van der Waals surface area contributed by atoms with Crippen LogP contribution in [-0.4, -0.2) is 41.9 Å². The maximum atomic E-state index is 15.1. The first-order valence-corrected chi connectivity index (χ1v) is 16.0. The molecule has 0 aliphatic heterocycles. The molecule has 0 fully saturated rings. The molecule has 20 heteroatoms. The van der Waals surface area contributed by atoms with Gasteiger partial charge in [0.05, 0.1) is 55.5 Å². The van der Waals surface area contributed by atoms with Crippen molar-refractivity contribution >= 4 is 11.9 Å². The van der Waals surface area contributed by atoms with Crippen molar-refractivity contribution in [2.45, 2.75) is 63.9 Å². The van der Waals surface area contributed by atoms with Gasteiger partial charge in [-0.05, 0) is 79.8 Å². The Bertz CT molecular complexity index is 1970. The Morgan fingerprint density at radius 3 is 1.80 bits per heavy atom. The van der Waals surface area contributed by atoms with Gasteiger partial charge in [0.25, 0.3) is 0 Å². The van der Waals surface area contributed by atoms with Gasteiger partial charge in [-0.15, -0.1) is 0 Å². The van der Waals surface area contributed by atoms with E-state index in [0.29, 0.717) is 18.2 Å². The fraction of sp³-hybridized carbons (Fsp3) is 0.361. The van der Waals surface area contributed by atoms with Gasteiger partial charge in [-0.3, -0.25) is 0 Å². The first-order chi connectivity index (χ1) is 25.4. The van der Waals surface area contributed by atoms with Gasteiger partial charge in [0, 0.05) is 36.3 Å². The van der Waals surface area contributed by atoms with Crippen molar-refractivity contribution in [3.8, 4) is 28.4 Å². The van der Waals surface area contributed by atoms with E-state index in [1.165, 1.54) is 13.8 Å². The largest absolute Gasteiger partial charge is 1.00 e. The van der Waals surface area contributed by atoms with Gasteiger partial charge in [0.15, 0.2) is 5.75 Å². The van der Waals surface area contributed by atoms with Crippen LogP contribution >= 0.6 is 0 Å². The van der Waals surface area contributed by atoms with Crippen LogP contribution in [0, 0.1) is 5.82 Å². The number of alkyl halides is 9. The first kappa shape index (κ1) is 46.1. The van der Waals surface area contributed by atoms with E-state index in [4.69, 9.17) is 14.2 Å². The quantitative estimate of drug-likeness (QED) is 0.110. The molecule has 0 saturated carbocycles. The summed E-state index contributed by atoms with van der Waals surface area (Å²) in [5.74, 6) is -3.67. The van der Waals surface area contributed by atoms with Gasteiger partial charge in [-0.1, -0.05) is 0 Å². The van der Waals surface area contributed by atoms with Gasteiger partial charge in [0.1, 0.15) is 17.3 Å².